The Hall–Kier alpha value is -8.21. The number of carboxylic acid groups (broad SMARTS) is 1. The molecule has 3 aromatic carbocycles. The van der Waals surface area contributed by atoms with Gasteiger partial charge in [-0.2, -0.15) is 0 Å². The van der Waals surface area contributed by atoms with Crippen LogP contribution < -0.4 is 42.0 Å². The summed E-state index contributed by atoms with van der Waals surface area (Å²) in [6, 6.07) is 15.8. The molecule has 0 unspecified atom stereocenters. The van der Waals surface area contributed by atoms with Gasteiger partial charge >= 0.3 is 24.0 Å². The van der Waals surface area contributed by atoms with Crippen LogP contribution in [-0.2, 0) is 101 Å². The van der Waals surface area contributed by atoms with Crippen molar-refractivity contribution >= 4 is 76.7 Å². The Morgan fingerprint density at radius 3 is 2.05 bits per heavy atom. The quantitative estimate of drug-likeness (QED) is 0.0127. The zero-order chi connectivity index (χ0) is 72.4. The summed E-state index contributed by atoms with van der Waals surface area (Å²) in [7, 11) is 3.08. The Labute approximate surface area is 584 Å². The molecule has 0 radical (unpaired) electrons. The summed E-state index contributed by atoms with van der Waals surface area (Å²) >= 11 is 6.40. The minimum absolute atomic E-state index is 0.0625. The number of halogens is 1. The molecule has 0 bridgehead atoms. The van der Waals surface area contributed by atoms with Crippen molar-refractivity contribution in [3.05, 3.63) is 106 Å². The number of hydrogen-bond donors (Lipinski definition) is 8. The lowest BCUT2D eigenvalue weighted by atomic mass is 9.92. The maximum atomic E-state index is 14.0. The Morgan fingerprint density at radius 2 is 1.40 bits per heavy atom. The summed E-state index contributed by atoms with van der Waals surface area (Å²) in [6.07, 6.45) is 0.498. The van der Waals surface area contributed by atoms with E-state index in [2.05, 4.69) is 37.2 Å². The molecule has 0 saturated carbocycles. The van der Waals surface area contributed by atoms with Crippen LogP contribution in [0.25, 0.3) is 0 Å². The first-order valence-electron chi connectivity index (χ1n) is 33.6. The minimum atomic E-state index is -1.29. The number of methoxy groups -OCH3 is 2. The maximum absolute atomic E-state index is 14.0. The molecule has 27 nitrogen and oxygen atoms in total. The molecule has 2 heterocycles. The number of hydrogen-bond acceptors (Lipinski definition) is 19. The lowest BCUT2D eigenvalue weighted by Gasteiger charge is -2.29. The van der Waals surface area contributed by atoms with Gasteiger partial charge in [-0.15, -0.1) is 0 Å². The van der Waals surface area contributed by atoms with Gasteiger partial charge in [-0.25, -0.2) is 9.59 Å². The Balaban J connectivity index is 1.13. The van der Waals surface area contributed by atoms with Crippen molar-refractivity contribution in [3.63, 3.8) is 0 Å². The molecule has 7 amide bonds. The minimum Gasteiger partial charge on any atom is -0.495 e. The molecular formula is C71H100ClN7O20. The average Bonchev–Trinajstić information content (AvgIpc) is 1.63. The monoisotopic (exact) mass is 1410 g/mol. The van der Waals surface area contributed by atoms with Crippen molar-refractivity contribution in [1.29, 1.82) is 0 Å². The number of alkyl carbamates (subject to hydrolysis) is 1. The number of ether oxygens (including phenoxy) is 9. The molecule has 546 valence electrons. The molecule has 5 rings (SSSR count). The smallest absolute Gasteiger partial charge is 0.407 e. The fourth-order valence-corrected chi connectivity index (χ4v) is 10.6. The highest BCUT2D eigenvalue weighted by molar-refractivity contribution is 6.32. The predicted molar refractivity (Wildman–Crippen MR) is 365 cm³/mol. The summed E-state index contributed by atoms with van der Waals surface area (Å²) in [5.41, 5.74) is 1.91. The standard InChI is InChI=1S/C71H100ClN7O20/c1-44(2)38-57-68(88)97-55(15-12-16-59(81)77-54(40-49-23-28-56(92-9)52(72)39-49)65(85)75-43-71(6,7)69(89)98-57)46(5)63-64(99-63)50-24-19-47(20-25-50)41-74-70(90)96-42-48-21-26-51(27-22-48)76-66(86)53(78-67(87)62(45(3)4)79-60(82)17-13-18-61(83)84)14-10-11-30-73-58(80)29-31-93-34-35-95-37-36-94-33-32-91-8/h12,16,19-28,39,44-46,53-55,57,62-64H,10-11,13-15,17-18,29-38,40-43H2,1-9H3,(H,73,80)(H,74,90)(H,75,85)(H,76,86)(H,77,81)(H,78,87)(H,79,82)(H,83,84)/b16-12+/t46-,53-,54+,55-,57-,62-,63+,64+/m0/s1. The number of epoxide rings is 1. The molecule has 28 heteroatoms. The fourth-order valence-electron chi connectivity index (χ4n) is 10.3. The van der Waals surface area contributed by atoms with Crippen molar-refractivity contribution in [2.24, 2.45) is 23.2 Å². The first-order chi connectivity index (χ1) is 47.3. The Kier molecular flexibility index (Phi) is 35.1. The molecule has 0 spiro atoms. The van der Waals surface area contributed by atoms with E-state index in [1.807, 2.05) is 45.0 Å². The van der Waals surface area contributed by atoms with Crippen molar-refractivity contribution < 1.29 is 95.7 Å². The summed E-state index contributed by atoms with van der Waals surface area (Å²) in [6.45, 7) is 15.1. The van der Waals surface area contributed by atoms with E-state index in [0.29, 0.717) is 86.6 Å². The fraction of sp³-hybridized carbons (Fsp3) is 0.577. The van der Waals surface area contributed by atoms with Gasteiger partial charge in [-0.05, 0) is 110 Å². The number of amides is 7. The van der Waals surface area contributed by atoms with E-state index in [1.165, 1.54) is 13.2 Å². The summed E-state index contributed by atoms with van der Waals surface area (Å²) in [4.78, 5) is 132. The number of rotatable bonds is 39. The lowest BCUT2D eigenvalue weighted by molar-refractivity contribution is -0.179. The van der Waals surface area contributed by atoms with E-state index < -0.39 is 101 Å². The highest BCUT2D eigenvalue weighted by Gasteiger charge is 2.48. The average molecular weight is 1410 g/mol. The largest absolute Gasteiger partial charge is 0.495 e. The number of carbonyl (C=O) groups is 10. The number of nitrogens with one attached hydrogen (secondary N) is 7. The van der Waals surface area contributed by atoms with Crippen LogP contribution in [0.2, 0.25) is 5.02 Å². The lowest BCUT2D eigenvalue weighted by Crippen LogP contribution is -2.54. The second kappa shape index (κ2) is 42.7. The highest BCUT2D eigenvalue weighted by Crippen LogP contribution is 2.45. The molecule has 0 aliphatic carbocycles. The van der Waals surface area contributed by atoms with Gasteiger partial charge in [0, 0.05) is 70.5 Å². The van der Waals surface area contributed by atoms with Gasteiger partial charge in [-0.1, -0.05) is 94.8 Å². The number of benzene rings is 3. The van der Waals surface area contributed by atoms with Gasteiger partial charge in [0.15, 0.2) is 6.10 Å². The molecule has 2 aliphatic heterocycles. The zero-order valence-corrected chi connectivity index (χ0v) is 59.0. The Morgan fingerprint density at radius 1 is 0.737 bits per heavy atom. The van der Waals surface area contributed by atoms with Gasteiger partial charge in [-0.3, -0.25) is 38.4 Å². The third-order valence-electron chi connectivity index (χ3n) is 16.2. The predicted octanol–water partition coefficient (Wildman–Crippen LogP) is 6.74. The zero-order valence-electron chi connectivity index (χ0n) is 58.2. The number of esters is 2. The van der Waals surface area contributed by atoms with Crippen molar-refractivity contribution in [3.8, 4) is 5.75 Å². The summed E-state index contributed by atoms with van der Waals surface area (Å²) in [5.74, 6) is -5.98. The van der Waals surface area contributed by atoms with Crippen LogP contribution in [0.15, 0.2) is 78.9 Å². The van der Waals surface area contributed by atoms with E-state index in [0.717, 1.165) is 11.1 Å². The van der Waals surface area contributed by atoms with Gasteiger partial charge in [0.2, 0.25) is 35.4 Å². The molecule has 0 aromatic heterocycles. The molecule has 3 aromatic rings. The van der Waals surface area contributed by atoms with Crippen molar-refractivity contribution in [2.75, 3.05) is 78.9 Å². The summed E-state index contributed by atoms with van der Waals surface area (Å²) < 4.78 is 50.2. The first-order valence-corrected chi connectivity index (χ1v) is 34.0. The van der Waals surface area contributed by atoms with E-state index in [9.17, 15) is 47.9 Å². The number of aliphatic carboxylic acids is 1. The summed E-state index contributed by atoms with van der Waals surface area (Å²) in [5, 5.41) is 28.7. The van der Waals surface area contributed by atoms with Crippen LogP contribution >= 0.6 is 11.6 Å². The van der Waals surface area contributed by atoms with Crippen LogP contribution in [-0.4, -0.2) is 175 Å². The van der Waals surface area contributed by atoms with Crippen molar-refractivity contribution in [2.45, 2.75) is 168 Å². The van der Waals surface area contributed by atoms with Crippen LogP contribution in [0.1, 0.15) is 135 Å². The van der Waals surface area contributed by atoms with E-state index in [4.69, 9.17) is 59.3 Å². The van der Waals surface area contributed by atoms with Gasteiger partial charge in [0.05, 0.1) is 69.9 Å². The normalized spacial score (nSPS) is 19.2. The molecule has 99 heavy (non-hydrogen) atoms. The van der Waals surface area contributed by atoms with Gasteiger partial charge < -0.3 is 85.0 Å². The van der Waals surface area contributed by atoms with Crippen LogP contribution in [0.3, 0.4) is 0 Å². The second-order valence-electron chi connectivity index (χ2n) is 25.7. The number of unbranched alkanes of at least 4 members (excludes halogenated alkanes) is 1. The topological polar surface area (TPSA) is 362 Å². The molecule has 1 fully saturated rings. The number of anilines is 1. The molecule has 1 saturated heterocycles. The third-order valence-corrected chi connectivity index (χ3v) is 16.5. The van der Waals surface area contributed by atoms with Crippen LogP contribution in [0.5, 0.6) is 5.75 Å². The van der Waals surface area contributed by atoms with Gasteiger partial charge in [0.1, 0.15) is 42.7 Å². The number of carboxylic acids is 1. The maximum Gasteiger partial charge on any atom is 0.407 e. The van der Waals surface area contributed by atoms with Gasteiger partial charge in [0.25, 0.3) is 0 Å². The number of carbonyl (C=O) groups excluding carboxylic acids is 9. The van der Waals surface area contributed by atoms with Crippen LogP contribution in [0, 0.1) is 23.2 Å². The first kappa shape index (κ1) is 81.5. The van der Waals surface area contributed by atoms with E-state index in [1.54, 1.807) is 83.3 Å². The molecule has 8 N–H and O–H groups in total. The van der Waals surface area contributed by atoms with Crippen LogP contribution in [0.4, 0.5) is 10.5 Å². The number of cyclic esters (lactones) is 2. The SMILES string of the molecule is COCCOCCOCCOCCC(=O)NCCCC[C@H](NC(=O)[C@@H](NC(=O)CCCC(=O)O)C(C)C)C(=O)Nc1ccc(COC(=O)NCc2ccc([C@H]3O[C@@H]3[C@@H](C)[C@@H]3C/C=C/C(=O)N[C@H](Cc4ccc(OC)c(Cl)c4)C(=O)NCC(C)(C)C(=O)O[C@@H](CC(C)C)C(=O)O3)cc2)cc1. The molecule has 8 atom stereocenters. The van der Waals surface area contributed by atoms with E-state index >= 15 is 0 Å². The van der Waals surface area contributed by atoms with Crippen molar-refractivity contribution in [1.82, 2.24) is 31.9 Å². The molecular weight excluding hydrogens is 1310 g/mol. The third kappa shape index (κ3) is 30.0. The second-order valence-corrected chi connectivity index (χ2v) is 26.1. The Bertz CT molecular complexity index is 3150. The highest BCUT2D eigenvalue weighted by atomic mass is 35.5. The molecule has 2 aliphatic rings. The van der Waals surface area contributed by atoms with E-state index in [-0.39, 0.29) is 102 Å².